The molecule has 0 aliphatic carbocycles. The van der Waals surface area contributed by atoms with Crippen molar-refractivity contribution in [3.63, 3.8) is 0 Å². The van der Waals surface area contributed by atoms with Crippen LogP contribution in [-0.4, -0.2) is 13.4 Å². The number of halogens is 1. The lowest BCUT2D eigenvalue weighted by molar-refractivity contribution is 0.600. The van der Waals surface area contributed by atoms with Crippen LogP contribution in [-0.2, 0) is 10.0 Å². The number of benzene rings is 1. The lowest BCUT2D eigenvalue weighted by atomic mass is 10.2. The van der Waals surface area contributed by atoms with Crippen molar-refractivity contribution in [3.05, 3.63) is 46.2 Å². The summed E-state index contributed by atoms with van der Waals surface area (Å²) < 4.78 is 28.1. The van der Waals surface area contributed by atoms with Gasteiger partial charge in [-0.15, -0.1) is 0 Å². The van der Waals surface area contributed by atoms with Gasteiger partial charge in [0.15, 0.2) is 0 Å². The van der Waals surface area contributed by atoms with E-state index in [4.69, 9.17) is 5.73 Å². The van der Waals surface area contributed by atoms with Crippen LogP contribution in [0.3, 0.4) is 0 Å². The van der Waals surface area contributed by atoms with E-state index in [0.717, 1.165) is 5.56 Å². The average Bonchev–Trinajstić information content (AvgIpc) is 2.36. The Hall–Kier alpha value is -1.60. The summed E-state index contributed by atoms with van der Waals surface area (Å²) in [5.41, 5.74) is 8.00. The summed E-state index contributed by atoms with van der Waals surface area (Å²) >= 11 is 3.28. The smallest absolute Gasteiger partial charge is 0.262 e. The Balaban J connectivity index is 2.47. The minimum absolute atomic E-state index is 0.161. The molecule has 0 aliphatic heterocycles. The second-order valence-corrected chi connectivity index (χ2v) is 6.94. The van der Waals surface area contributed by atoms with Crippen molar-refractivity contribution < 1.29 is 8.42 Å². The molecular formula is C13H14BrN3O2S. The molecule has 106 valence electrons. The fourth-order valence-electron chi connectivity index (χ4n) is 1.75. The third kappa shape index (κ3) is 2.94. The van der Waals surface area contributed by atoms with Crippen LogP contribution in [0.25, 0.3) is 0 Å². The summed E-state index contributed by atoms with van der Waals surface area (Å²) in [4.78, 5) is 4.09. The Bertz CT molecular complexity index is 760. The molecule has 5 nitrogen and oxygen atoms in total. The molecule has 1 aromatic heterocycles. The van der Waals surface area contributed by atoms with Crippen molar-refractivity contribution in [3.8, 4) is 0 Å². The number of hydrogen-bond acceptors (Lipinski definition) is 4. The fraction of sp³-hybridized carbons (Fsp3) is 0.154. The molecule has 0 spiro atoms. The highest BCUT2D eigenvalue weighted by molar-refractivity contribution is 9.10. The van der Waals surface area contributed by atoms with Gasteiger partial charge in [-0.05, 0) is 59.1 Å². The van der Waals surface area contributed by atoms with Gasteiger partial charge in [-0.1, -0.05) is 0 Å². The quantitative estimate of drug-likeness (QED) is 0.829. The van der Waals surface area contributed by atoms with Gasteiger partial charge in [0.05, 0.1) is 10.6 Å². The largest absolute Gasteiger partial charge is 0.398 e. The van der Waals surface area contributed by atoms with Crippen molar-refractivity contribution in [2.24, 2.45) is 0 Å². The Labute approximate surface area is 126 Å². The molecule has 20 heavy (non-hydrogen) atoms. The van der Waals surface area contributed by atoms with E-state index >= 15 is 0 Å². The number of rotatable bonds is 3. The summed E-state index contributed by atoms with van der Waals surface area (Å²) in [7, 11) is -3.68. The third-order valence-corrected chi connectivity index (χ3v) is 5.04. The van der Waals surface area contributed by atoms with Gasteiger partial charge in [0.25, 0.3) is 10.0 Å². The zero-order valence-corrected chi connectivity index (χ0v) is 13.4. The van der Waals surface area contributed by atoms with Gasteiger partial charge in [-0.25, -0.2) is 8.42 Å². The first-order chi connectivity index (χ1) is 9.31. The number of anilines is 2. The van der Waals surface area contributed by atoms with Crippen LogP contribution in [0.15, 0.2) is 40.0 Å². The number of nitrogen functional groups attached to an aromatic ring is 1. The van der Waals surface area contributed by atoms with Crippen LogP contribution in [0.2, 0.25) is 0 Å². The fourth-order valence-corrected chi connectivity index (χ4v) is 3.60. The first-order valence-electron chi connectivity index (χ1n) is 5.80. The van der Waals surface area contributed by atoms with Crippen LogP contribution in [0.1, 0.15) is 11.1 Å². The Kier molecular flexibility index (Phi) is 4.01. The monoisotopic (exact) mass is 355 g/mol. The number of aromatic nitrogens is 1. The summed E-state index contributed by atoms with van der Waals surface area (Å²) in [5.74, 6) is 0. The molecule has 7 heteroatoms. The molecule has 0 unspecified atom stereocenters. The molecule has 1 heterocycles. The van der Waals surface area contributed by atoms with Crippen molar-refractivity contribution in [1.29, 1.82) is 0 Å². The van der Waals surface area contributed by atoms with Crippen LogP contribution in [0.4, 0.5) is 11.4 Å². The maximum Gasteiger partial charge on any atom is 0.262 e. The second-order valence-electron chi connectivity index (χ2n) is 4.44. The summed E-state index contributed by atoms with van der Waals surface area (Å²) in [6, 6.07) is 4.74. The number of sulfonamides is 1. The van der Waals surface area contributed by atoms with Crippen molar-refractivity contribution in [1.82, 2.24) is 4.98 Å². The third-order valence-electron chi connectivity index (χ3n) is 2.85. The average molecular weight is 356 g/mol. The minimum Gasteiger partial charge on any atom is -0.398 e. The van der Waals surface area contributed by atoms with E-state index in [0.29, 0.717) is 21.4 Å². The van der Waals surface area contributed by atoms with E-state index in [1.54, 1.807) is 32.2 Å². The highest BCUT2D eigenvalue weighted by Crippen LogP contribution is 2.28. The van der Waals surface area contributed by atoms with Gasteiger partial charge in [-0.3, -0.25) is 9.71 Å². The van der Waals surface area contributed by atoms with Crippen LogP contribution in [0, 0.1) is 13.8 Å². The highest BCUT2D eigenvalue weighted by Gasteiger charge is 2.19. The molecule has 0 aliphatic rings. The van der Waals surface area contributed by atoms with Crippen molar-refractivity contribution in [2.75, 3.05) is 10.5 Å². The van der Waals surface area contributed by atoms with E-state index < -0.39 is 10.0 Å². The van der Waals surface area contributed by atoms with Crippen LogP contribution >= 0.6 is 15.9 Å². The number of aryl methyl sites for hydroxylation is 2. The van der Waals surface area contributed by atoms with Gasteiger partial charge in [0.1, 0.15) is 0 Å². The Morgan fingerprint density at radius 1 is 1.25 bits per heavy atom. The summed E-state index contributed by atoms with van der Waals surface area (Å²) in [6.07, 6.45) is 3.13. The van der Waals surface area contributed by atoms with E-state index in [9.17, 15) is 8.42 Å². The zero-order chi connectivity index (χ0) is 14.9. The van der Waals surface area contributed by atoms with Crippen LogP contribution < -0.4 is 10.5 Å². The number of hydrogen-bond donors (Lipinski definition) is 2. The molecule has 1 aromatic carbocycles. The second kappa shape index (κ2) is 5.41. The number of nitrogens with zero attached hydrogens (tertiary/aromatic N) is 1. The molecule has 3 N–H and O–H groups in total. The molecule has 0 atom stereocenters. The van der Waals surface area contributed by atoms with Crippen molar-refractivity contribution in [2.45, 2.75) is 18.7 Å². The molecule has 0 radical (unpaired) electrons. The predicted octanol–water partition coefficient (Wildman–Crippen LogP) is 2.84. The van der Waals surface area contributed by atoms with E-state index in [-0.39, 0.29) is 4.90 Å². The van der Waals surface area contributed by atoms with E-state index in [2.05, 4.69) is 25.6 Å². The Morgan fingerprint density at radius 3 is 2.60 bits per heavy atom. The topological polar surface area (TPSA) is 85.1 Å². The van der Waals surface area contributed by atoms with E-state index in [1.165, 1.54) is 12.3 Å². The zero-order valence-electron chi connectivity index (χ0n) is 11.0. The standard InChI is InChI=1S/C13H14BrN3O2S/c1-8-5-10(14)11(15)6-13(8)20(18,19)17-12-3-4-16-7-9(12)2/h3-7H,15H2,1-2H3,(H,16,17). The molecule has 2 rings (SSSR count). The minimum atomic E-state index is -3.68. The maximum absolute atomic E-state index is 12.4. The lowest BCUT2D eigenvalue weighted by Crippen LogP contribution is -2.15. The summed E-state index contributed by atoms with van der Waals surface area (Å²) in [6.45, 7) is 3.51. The number of nitrogens with one attached hydrogen (secondary N) is 1. The number of nitrogens with two attached hydrogens (primary N) is 1. The lowest BCUT2D eigenvalue weighted by Gasteiger charge is -2.13. The SMILES string of the molecule is Cc1cnccc1NS(=O)(=O)c1cc(N)c(Br)cc1C. The molecule has 0 saturated carbocycles. The van der Waals surface area contributed by atoms with Gasteiger partial charge >= 0.3 is 0 Å². The van der Waals surface area contributed by atoms with Gasteiger partial charge in [-0.2, -0.15) is 0 Å². The van der Waals surface area contributed by atoms with Gasteiger partial charge in [0.2, 0.25) is 0 Å². The molecule has 0 bridgehead atoms. The first kappa shape index (κ1) is 14.8. The molecule has 0 saturated heterocycles. The predicted molar refractivity (Wildman–Crippen MR) is 83.1 cm³/mol. The normalized spacial score (nSPS) is 11.3. The maximum atomic E-state index is 12.4. The summed E-state index contributed by atoms with van der Waals surface area (Å²) in [5, 5.41) is 0. The first-order valence-corrected chi connectivity index (χ1v) is 8.08. The van der Waals surface area contributed by atoms with Gasteiger partial charge in [0, 0.05) is 22.6 Å². The molecule has 2 aromatic rings. The molecular weight excluding hydrogens is 342 g/mol. The molecule has 0 fully saturated rings. The highest BCUT2D eigenvalue weighted by atomic mass is 79.9. The van der Waals surface area contributed by atoms with Crippen LogP contribution in [0.5, 0.6) is 0 Å². The Morgan fingerprint density at radius 2 is 1.95 bits per heavy atom. The van der Waals surface area contributed by atoms with E-state index in [1.807, 2.05) is 0 Å². The number of pyridine rings is 1. The van der Waals surface area contributed by atoms with Crippen molar-refractivity contribution >= 4 is 37.3 Å². The van der Waals surface area contributed by atoms with Gasteiger partial charge < -0.3 is 5.73 Å². The molecule has 0 amide bonds.